The third-order valence-corrected chi connectivity index (χ3v) is 5.49. The van der Waals surface area contributed by atoms with Gasteiger partial charge in [-0.3, -0.25) is 0 Å². The molecule has 0 saturated heterocycles. The average Bonchev–Trinajstić information content (AvgIpc) is 2.38. The smallest absolute Gasteiger partial charge is 0.0973 e. The first kappa shape index (κ1) is 21.3. The topological polar surface area (TPSA) is 20.2 Å². The van der Waals surface area contributed by atoms with Crippen molar-refractivity contribution in [3.8, 4) is 0 Å². The highest BCUT2D eigenvalue weighted by molar-refractivity contribution is 6.67. The van der Waals surface area contributed by atoms with Gasteiger partial charge < -0.3 is 5.11 Å². The second-order valence-corrected chi connectivity index (χ2v) is 8.50. The zero-order chi connectivity index (χ0) is 16.2. The molecule has 0 fully saturated rings. The second-order valence-electron chi connectivity index (χ2n) is 8.50. The Morgan fingerprint density at radius 3 is 1.19 bits per heavy atom. The Bertz CT molecular complexity index is 241. The molecule has 0 rings (SSSR count). The molecule has 0 atom stereocenters. The maximum absolute atomic E-state index is 8.70. The zero-order valence-electron chi connectivity index (χ0n) is 15.6. The number of aliphatic hydroxyl groups is 1. The van der Waals surface area contributed by atoms with Gasteiger partial charge in [0.1, 0.15) is 0 Å². The van der Waals surface area contributed by atoms with Crippen molar-refractivity contribution in [1.82, 2.24) is 0 Å². The van der Waals surface area contributed by atoms with Gasteiger partial charge in [0.2, 0.25) is 0 Å². The highest BCUT2D eigenvalue weighted by Gasteiger charge is 2.31. The van der Waals surface area contributed by atoms with Crippen LogP contribution in [0.3, 0.4) is 0 Å². The summed E-state index contributed by atoms with van der Waals surface area (Å²) in [6, 6.07) is 0. The average molecular weight is 288 g/mol. The van der Waals surface area contributed by atoms with E-state index < -0.39 is 0 Å². The van der Waals surface area contributed by atoms with Gasteiger partial charge in [0.05, 0.1) is 39.2 Å². The van der Waals surface area contributed by atoms with E-state index in [9.17, 15) is 0 Å². The van der Waals surface area contributed by atoms with Gasteiger partial charge in [0, 0.05) is 6.61 Å². The van der Waals surface area contributed by atoms with Gasteiger partial charge in [0.15, 0.2) is 0 Å². The van der Waals surface area contributed by atoms with Crippen LogP contribution in [0.4, 0.5) is 0 Å². The van der Waals surface area contributed by atoms with Crippen molar-refractivity contribution in [3.05, 3.63) is 0 Å². The third-order valence-electron chi connectivity index (χ3n) is 5.49. The lowest BCUT2D eigenvalue weighted by Crippen LogP contribution is -2.32. The highest BCUT2D eigenvalue weighted by atomic mass is 16.2. The van der Waals surface area contributed by atoms with Gasteiger partial charge in [-0.15, -0.1) is 5.11 Å². The lowest BCUT2D eigenvalue weighted by atomic mass is 9.22. The number of rotatable bonds is 14. The summed E-state index contributed by atoms with van der Waals surface area (Å²) in [5, 5.41) is 9.58. The van der Waals surface area contributed by atoms with Crippen LogP contribution >= 0.6 is 0 Å². The molecule has 0 aromatic carbocycles. The first-order valence-corrected chi connectivity index (χ1v) is 9.42. The summed E-state index contributed by atoms with van der Waals surface area (Å²) in [5.74, 6) is 0. The fourth-order valence-corrected chi connectivity index (χ4v) is 2.64. The van der Waals surface area contributed by atoms with Gasteiger partial charge in [-0.1, -0.05) is 75.8 Å². The van der Waals surface area contributed by atoms with E-state index in [1.54, 1.807) is 0 Å². The third kappa shape index (κ3) is 11.5. The van der Waals surface area contributed by atoms with Crippen LogP contribution in [0.2, 0.25) is 10.3 Å². The molecular weight excluding hydrogens is 250 g/mol. The van der Waals surface area contributed by atoms with Crippen molar-refractivity contribution in [2.75, 3.05) is 6.61 Å². The van der Waals surface area contributed by atoms with Gasteiger partial charge in [-0.05, 0) is 6.42 Å². The van der Waals surface area contributed by atoms with Crippen molar-refractivity contribution in [3.63, 3.8) is 0 Å². The SMILES string of the molecule is BC(B)(B)C(B)(B)CCCCCCCCCCCCCO. The molecule has 0 bridgehead atoms. The maximum atomic E-state index is 8.70. The molecular formula is C15H37B5O. The van der Waals surface area contributed by atoms with Gasteiger partial charge in [0.25, 0.3) is 0 Å². The minimum Gasteiger partial charge on any atom is -0.396 e. The quantitative estimate of drug-likeness (QED) is 0.353. The molecule has 21 heavy (non-hydrogen) atoms. The van der Waals surface area contributed by atoms with E-state index in [2.05, 4.69) is 39.2 Å². The van der Waals surface area contributed by atoms with Crippen LogP contribution in [0.1, 0.15) is 77.0 Å². The molecule has 0 aliphatic rings. The lowest BCUT2D eigenvalue weighted by Gasteiger charge is -2.40. The molecule has 118 valence electrons. The number of hydrogen-bond acceptors (Lipinski definition) is 1. The van der Waals surface area contributed by atoms with Crippen LogP contribution < -0.4 is 0 Å². The molecule has 0 radical (unpaired) electrons. The molecule has 0 unspecified atom stereocenters. The summed E-state index contributed by atoms with van der Waals surface area (Å²) < 4.78 is 0. The van der Waals surface area contributed by atoms with Crippen molar-refractivity contribution >= 4 is 39.2 Å². The summed E-state index contributed by atoms with van der Waals surface area (Å²) in [4.78, 5) is 0. The number of unbranched alkanes of at least 4 members (excludes halogenated alkanes) is 10. The van der Waals surface area contributed by atoms with Crippen LogP contribution in [-0.4, -0.2) is 50.9 Å². The van der Waals surface area contributed by atoms with Crippen molar-refractivity contribution < 1.29 is 5.11 Å². The molecule has 0 spiro atoms. The summed E-state index contributed by atoms with van der Waals surface area (Å²) in [6.07, 6.45) is 16.1. The van der Waals surface area contributed by atoms with Crippen molar-refractivity contribution in [2.24, 2.45) is 0 Å². The van der Waals surface area contributed by atoms with E-state index >= 15 is 0 Å². The Hall–Kier alpha value is 0.285. The van der Waals surface area contributed by atoms with E-state index in [1.165, 1.54) is 70.6 Å². The van der Waals surface area contributed by atoms with E-state index in [0.717, 1.165) is 6.42 Å². The molecule has 1 N–H and O–H groups in total. The monoisotopic (exact) mass is 288 g/mol. The summed E-state index contributed by atoms with van der Waals surface area (Å²) in [6.45, 7) is 0.367. The molecule has 0 heterocycles. The summed E-state index contributed by atoms with van der Waals surface area (Å²) in [5.41, 5.74) is 0. The van der Waals surface area contributed by atoms with Crippen LogP contribution in [0.15, 0.2) is 0 Å². The van der Waals surface area contributed by atoms with Crippen molar-refractivity contribution in [1.29, 1.82) is 0 Å². The van der Waals surface area contributed by atoms with E-state index in [4.69, 9.17) is 5.11 Å². The second kappa shape index (κ2) is 11.8. The van der Waals surface area contributed by atoms with Gasteiger partial charge in [-0.2, -0.15) is 0 Å². The van der Waals surface area contributed by atoms with Gasteiger partial charge >= 0.3 is 0 Å². The van der Waals surface area contributed by atoms with Crippen LogP contribution in [0.25, 0.3) is 0 Å². The van der Waals surface area contributed by atoms with E-state index in [-0.39, 0.29) is 0 Å². The molecule has 0 aromatic heterocycles. The fraction of sp³-hybridized carbons (Fsp3) is 1.00. The van der Waals surface area contributed by atoms with Crippen LogP contribution in [0.5, 0.6) is 0 Å². The molecule has 0 aliphatic carbocycles. The predicted octanol–water partition coefficient (Wildman–Crippen LogP) is 0.0153. The Labute approximate surface area is 138 Å². The lowest BCUT2D eigenvalue weighted by molar-refractivity contribution is 0.282. The van der Waals surface area contributed by atoms with Gasteiger partial charge in [-0.25, -0.2) is 0 Å². The molecule has 0 aromatic rings. The van der Waals surface area contributed by atoms with Crippen LogP contribution in [0, 0.1) is 0 Å². The zero-order valence-corrected chi connectivity index (χ0v) is 15.6. The first-order chi connectivity index (χ1) is 9.81. The standard InChI is InChI=1S/C15H37B5O/c16-14(17,15(18,19)20)12-10-8-6-4-2-1-3-5-7-9-11-13-21/h21H,1-13,16-20H2. The minimum absolute atomic E-state index is 0.367. The Kier molecular flexibility index (Phi) is 12.0. The van der Waals surface area contributed by atoms with Crippen molar-refractivity contribution in [2.45, 2.75) is 87.4 Å². The molecule has 0 saturated carbocycles. The predicted molar refractivity (Wildman–Crippen MR) is 111 cm³/mol. The number of hydrogen-bond donors (Lipinski definition) is 1. The molecule has 1 nitrogen and oxygen atoms in total. The minimum atomic E-state index is 0.367. The normalized spacial score (nSPS) is 12.6. The number of aliphatic hydroxyl groups excluding tert-OH is 1. The fourth-order valence-electron chi connectivity index (χ4n) is 2.64. The van der Waals surface area contributed by atoms with E-state index in [1.807, 2.05) is 0 Å². The molecule has 0 aliphatic heterocycles. The largest absolute Gasteiger partial charge is 0.396 e. The first-order valence-electron chi connectivity index (χ1n) is 9.42. The highest BCUT2D eigenvalue weighted by Crippen LogP contribution is 2.42. The molecule has 0 amide bonds. The Morgan fingerprint density at radius 2 is 0.857 bits per heavy atom. The van der Waals surface area contributed by atoms with E-state index in [0.29, 0.717) is 16.9 Å². The Morgan fingerprint density at radius 1 is 0.524 bits per heavy atom. The summed E-state index contributed by atoms with van der Waals surface area (Å²) >= 11 is 0. The maximum Gasteiger partial charge on any atom is 0.0973 e. The molecule has 6 heteroatoms. The summed E-state index contributed by atoms with van der Waals surface area (Å²) in [7, 11) is 11.9. The Balaban J connectivity index is 3.30. The van der Waals surface area contributed by atoms with Crippen LogP contribution in [-0.2, 0) is 0 Å².